The molecular weight excluding hydrogens is 198 g/mol. The first-order chi connectivity index (χ1) is 7.03. The molecule has 0 N–H and O–H groups in total. The summed E-state index contributed by atoms with van der Waals surface area (Å²) in [6.45, 7) is 3.00. The zero-order valence-corrected chi connectivity index (χ0v) is 8.63. The van der Waals surface area contributed by atoms with Crippen molar-refractivity contribution in [1.82, 2.24) is 0 Å². The lowest BCUT2D eigenvalue weighted by molar-refractivity contribution is -0.0505. The molecule has 0 amide bonds. The Balaban J connectivity index is 2.62. The Bertz CT molecular complexity index is 471. The Kier molecular flexibility index (Phi) is 2.25. The molecule has 0 saturated heterocycles. The summed E-state index contributed by atoms with van der Waals surface area (Å²) in [6.07, 6.45) is 1.16. The highest BCUT2D eigenvalue weighted by molar-refractivity contribution is 5.81. The van der Waals surface area contributed by atoms with Crippen LogP contribution in [0.5, 0.6) is 0 Å². The largest absolute Gasteiger partial charge is 0.464 e. The first kappa shape index (κ1) is 10.1. The van der Waals surface area contributed by atoms with Gasteiger partial charge in [-0.2, -0.15) is 0 Å². The third kappa shape index (κ3) is 1.52. The zero-order chi connectivity index (χ0) is 11.1. The van der Waals surface area contributed by atoms with Crippen LogP contribution in [0.3, 0.4) is 0 Å². The maximum Gasteiger partial charge on any atom is 0.279 e. The minimum Gasteiger partial charge on any atom is -0.464 e. The van der Waals surface area contributed by atoms with Gasteiger partial charge in [0.1, 0.15) is 11.8 Å². The van der Waals surface area contributed by atoms with Crippen LogP contribution in [0, 0.1) is 5.92 Å². The van der Waals surface area contributed by atoms with Crippen molar-refractivity contribution in [3.63, 3.8) is 0 Å². The predicted molar refractivity (Wildman–Crippen MR) is 54.9 cm³/mol. The average Bonchev–Trinajstić information content (AvgIpc) is 2.61. The summed E-state index contributed by atoms with van der Waals surface area (Å²) in [7, 11) is 0. The van der Waals surface area contributed by atoms with Gasteiger partial charge in [-0.3, -0.25) is 0 Å². The van der Waals surface area contributed by atoms with Crippen LogP contribution in [0.25, 0.3) is 11.0 Å². The molecular formula is C12H12F2O. The molecule has 1 aromatic heterocycles. The van der Waals surface area contributed by atoms with Gasteiger partial charge >= 0.3 is 0 Å². The molecule has 2 aromatic rings. The Hall–Kier alpha value is -1.38. The molecule has 0 fully saturated rings. The number of para-hydroxylation sites is 1. The quantitative estimate of drug-likeness (QED) is 0.724. The molecule has 2 rings (SSSR count). The van der Waals surface area contributed by atoms with Gasteiger partial charge in [0.2, 0.25) is 0 Å². The topological polar surface area (TPSA) is 13.1 Å². The molecule has 0 radical (unpaired) electrons. The van der Waals surface area contributed by atoms with E-state index in [4.69, 9.17) is 4.42 Å². The minimum absolute atomic E-state index is 0.0203. The van der Waals surface area contributed by atoms with E-state index >= 15 is 0 Å². The van der Waals surface area contributed by atoms with Crippen LogP contribution in [-0.4, -0.2) is 0 Å². The zero-order valence-electron chi connectivity index (χ0n) is 8.63. The van der Waals surface area contributed by atoms with E-state index in [1.54, 1.807) is 24.3 Å². The number of hydrogen-bond acceptors (Lipinski definition) is 1. The Morgan fingerprint density at radius 1 is 1.20 bits per heavy atom. The van der Waals surface area contributed by atoms with E-state index in [9.17, 15) is 8.78 Å². The van der Waals surface area contributed by atoms with Crippen LogP contribution in [0.15, 0.2) is 34.9 Å². The summed E-state index contributed by atoms with van der Waals surface area (Å²) in [5.74, 6) is -3.58. The number of hydrogen-bond donors (Lipinski definition) is 0. The highest BCUT2D eigenvalue weighted by atomic mass is 19.3. The number of furan rings is 1. The fourth-order valence-corrected chi connectivity index (χ4v) is 1.55. The van der Waals surface area contributed by atoms with Crippen molar-refractivity contribution < 1.29 is 13.2 Å². The monoisotopic (exact) mass is 210 g/mol. The molecule has 3 heteroatoms. The minimum atomic E-state index is -2.84. The maximum atomic E-state index is 13.8. The predicted octanol–water partition coefficient (Wildman–Crippen LogP) is 4.18. The van der Waals surface area contributed by atoms with E-state index in [-0.39, 0.29) is 5.56 Å². The van der Waals surface area contributed by atoms with Crippen molar-refractivity contribution in [1.29, 1.82) is 0 Å². The van der Waals surface area contributed by atoms with E-state index in [2.05, 4.69) is 0 Å². The van der Waals surface area contributed by atoms with Crippen LogP contribution in [0.4, 0.5) is 8.78 Å². The Labute approximate surface area is 86.7 Å². The number of alkyl halides is 2. The summed E-state index contributed by atoms with van der Waals surface area (Å²) in [6, 6.07) is 6.85. The lowest BCUT2D eigenvalue weighted by atomic mass is 9.97. The van der Waals surface area contributed by atoms with Crippen LogP contribution < -0.4 is 0 Å². The summed E-state index contributed by atoms with van der Waals surface area (Å²) in [5, 5.41) is 0.496. The van der Waals surface area contributed by atoms with Crippen molar-refractivity contribution in [3.05, 3.63) is 36.1 Å². The van der Waals surface area contributed by atoms with Gasteiger partial charge < -0.3 is 4.42 Å². The summed E-state index contributed by atoms with van der Waals surface area (Å²) in [4.78, 5) is 0. The van der Waals surface area contributed by atoms with E-state index in [1.165, 1.54) is 13.8 Å². The standard InChI is InChI=1S/C12H12F2O/c1-8(2)12(13,14)10-7-15-11-6-4-3-5-9(10)11/h3-8H,1-2H3. The lowest BCUT2D eigenvalue weighted by Gasteiger charge is -2.18. The summed E-state index contributed by atoms with van der Waals surface area (Å²) >= 11 is 0. The molecule has 0 aliphatic rings. The average molecular weight is 210 g/mol. The second-order valence-corrected chi connectivity index (χ2v) is 3.92. The summed E-state index contributed by atoms with van der Waals surface area (Å²) in [5.41, 5.74) is 0.487. The van der Waals surface area contributed by atoms with Crippen molar-refractivity contribution in [2.45, 2.75) is 19.8 Å². The molecule has 1 heterocycles. The third-order valence-corrected chi connectivity index (χ3v) is 2.57. The van der Waals surface area contributed by atoms with Gasteiger partial charge in [-0.15, -0.1) is 0 Å². The van der Waals surface area contributed by atoms with Gasteiger partial charge in [-0.05, 0) is 6.07 Å². The Morgan fingerprint density at radius 3 is 2.53 bits per heavy atom. The fourth-order valence-electron chi connectivity index (χ4n) is 1.55. The van der Waals surface area contributed by atoms with E-state index in [0.717, 1.165) is 6.26 Å². The molecule has 1 aromatic carbocycles. The molecule has 0 unspecified atom stereocenters. The number of halogens is 2. The molecule has 0 aliphatic heterocycles. The lowest BCUT2D eigenvalue weighted by Crippen LogP contribution is -2.20. The van der Waals surface area contributed by atoms with Crippen LogP contribution in [0.2, 0.25) is 0 Å². The molecule has 0 spiro atoms. The SMILES string of the molecule is CC(C)C(F)(F)c1coc2ccccc12. The van der Waals surface area contributed by atoms with E-state index in [0.29, 0.717) is 11.0 Å². The molecule has 0 aliphatic carbocycles. The van der Waals surface area contributed by atoms with Gasteiger partial charge in [0.05, 0.1) is 5.56 Å². The van der Waals surface area contributed by atoms with Crippen molar-refractivity contribution in [3.8, 4) is 0 Å². The smallest absolute Gasteiger partial charge is 0.279 e. The Morgan fingerprint density at radius 2 is 1.87 bits per heavy atom. The van der Waals surface area contributed by atoms with Gasteiger partial charge in [0.25, 0.3) is 5.92 Å². The van der Waals surface area contributed by atoms with Gasteiger partial charge in [-0.25, -0.2) is 8.78 Å². The molecule has 0 saturated carbocycles. The molecule has 80 valence electrons. The maximum absolute atomic E-state index is 13.8. The fraction of sp³-hybridized carbons (Fsp3) is 0.333. The number of fused-ring (bicyclic) bond motifs is 1. The molecule has 1 nitrogen and oxygen atoms in total. The highest BCUT2D eigenvalue weighted by Gasteiger charge is 2.38. The van der Waals surface area contributed by atoms with Crippen molar-refractivity contribution in [2.24, 2.45) is 5.92 Å². The van der Waals surface area contributed by atoms with E-state index < -0.39 is 11.8 Å². The van der Waals surface area contributed by atoms with Crippen molar-refractivity contribution >= 4 is 11.0 Å². The van der Waals surface area contributed by atoms with Crippen molar-refractivity contribution in [2.75, 3.05) is 0 Å². The van der Waals surface area contributed by atoms with Gasteiger partial charge in [-0.1, -0.05) is 32.0 Å². The normalized spacial score (nSPS) is 12.6. The summed E-state index contributed by atoms with van der Waals surface area (Å²) < 4.78 is 32.7. The van der Waals surface area contributed by atoms with Crippen LogP contribution >= 0.6 is 0 Å². The molecule has 15 heavy (non-hydrogen) atoms. The molecule has 0 atom stereocenters. The van der Waals surface area contributed by atoms with Gasteiger partial charge in [0, 0.05) is 11.3 Å². The van der Waals surface area contributed by atoms with Crippen LogP contribution in [-0.2, 0) is 5.92 Å². The third-order valence-electron chi connectivity index (χ3n) is 2.57. The van der Waals surface area contributed by atoms with Gasteiger partial charge in [0.15, 0.2) is 0 Å². The first-order valence-corrected chi connectivity index (χ1v) is 4.88. The van der Waals surface area contributed by atoms with E-state index in [1.807, 2.05) is 0 Å². The second kappa shape index (κ2) is 3.33. The first-order valence-electron chi connectivity index (χ1n) is 4.88. The molecule has 0 bridgehead atoms. The number of rotatable bonds is 2. The van der Waals surface area contributed by atoms with Crippen LogP contribution in [0.1, 0.15) is 19.4 Å². The highest BCUT2D eigenvalue weighted by Crippen LogP contribution is 2.40. The number of benzene rings is 1. The second-order valence-electron chi connectivity index (χ2n) is 3.92.